The van der Waals surface area contributed by atoms with Crippen LogP contribution in [0, 0.1) is 0 Å². The molecule has 0 spiro atoms. The second-order valence-electron chi connectivity index (χ2n) is 3.75. The molecule has 4 N–H and O–H groups in total. The van der Waals surface area contributed by atoms with E-state index < -0.39 is 17.4 Å². The molecule has 15 heavy (non-hydrogen) atoms. The molecule has 0 aromatic carbocycles. The minimum atomic E-state index is -1.03. The van der Waals surface area contributed by atoms with Gasteiger partial charge in [-0.15, -0.1) is 0 Å². The van der Waals surface area contributed by atoms with Crippen LogP contribution >= 0.6 is 0 Å². The van der Waals surface area contributed by atoms with Crippen LogP contribution in [0.3, 0.4) is 0 Å². The first-order chi connectivity index (χ1) is 6.91. The van der Waals surface area contributed by atoms with Crippen molar-refractivity contribution >= 4 is 17.7 Å². The summed E-state index contributed by atoms with van der Waals surface area (Å²) < 4.78 is 0. The molecule has 1 fully saturated rings. The number of carbonyl (C=O) groups excluding carboxylic acids is 3. The lowest BCUT2D eigenvalue weighted by molar-refractivity contribution is -0.155. The Balaban J connectivity index is 2.89. The van der Waals surface area contributed by atoms with Gasteiger partial charge in [0.05, 0.1) is 0 Å². The molecule has 0 aromatic rings. The Morgan fingerprint density at radius 1 is 1.53 bits per heavy atom. The minimum Gasteiger partial charge on any atom is -0.352 e. The number of nitrogens with two attached hydrogens (primary N) is 1. The number of nitrogens with one attached hydrogen (secondary N) is 2. The molecule has 1 rings (SSSR count). The standard InChI is InChI=1S/C8H14N4O3/c1-8(2)7(15)10-3-4-12(8)6(14)5(13)11-9/h3-4,9H2,1-2H3,(H,10,15)(H,11,13). The van der Waals surface area contributed by atoms with Gasteiger partial charge in [0.1, 0.15) is 5.54 Å². The summed E-state index contributed by atoms with van der Waals surface area (Å²) in [5.74, 6) is 2.86. The smallest absolute Gasteiger partial charge is 0.323 e. The summed E-state index contributed by atoms with van der Waals surface area (Å²) in [6, 6.07) is 0. The van der Waals surface area contributed by atoms with Crippen molar-refractivity contribution < 1.29 is 14.4 Å². The number of piperazine rings is 1. The van der Waals surface area contributed by atoms with E-state index >= 15 is 0 Å². The predicted octanol–water partition coefficient (Wildman–Crippen LogP) is -2.29. The highest BCUT2D eigenvalue weighted by atomic mass is 16.2. The second-order valence-corrected chi connectivity index (χ2v) is 3.75. The van der Waals surface area contributed by atoms with Crippen LogP contribution in [0.5, 0.6) is 0 Å². The summed E-state index contributed by atoms with van der Waals surface area (Å²) in [5.41, 5.74) is 0.727. The zero-order valence-electron chi connectivity index (χ0n) is 8.66. The van der Waals surface area contributed by atoms with Gasteiger partial charge in [-0.1, -0.05) is 0 Å². The topological polar surface area (TPSA) is 105 Å². The first kappa shape index (κ1) is 11.4. The zero-order valence-corrected chi connectivity index (χ0v) is 8.66. The Morgan fingerprint density at radius 3 is 2.67 bits per heavy atom. The fourth-order valence-corrected chi connectivity index (χ4v) is 1.44. The van der Waals surface area contributed by atoms with Gasteiger partial charge in [-0.3, -0.25) is 19.8 Å². The van der Waals surface area contributed by atoms with Crippen molar-refractivity contribution in [3.05, 3.63) is 0 Å². The Kier molecular flexibility index (Phi) is 2.94. The Morgan fingerprint density at radius 2 is 2.13 bits per heavy atom. The Labute approximate surface area is 86.9 Å². The fraction of sp³-hybridized carbons (Fsp3) is 0.625. The van der Waals surface area contributed by atoms with Gasteiger partial charge in [0.15, 0.2) is 0 Å². The third-order valence-corrected chi connectivity index (χ3v) is 2.42. The van der Waals surface area contributed by atoms with Crippen molar-refractivity contribution in [1.82, 2.24) is 15.6 Å². The molecule has 1 heterocycles. The van der Waals surface area contributed by atoms with E-state index in [1.807, 2.05) is 0 Å². The molecule has 0 unspecified atom stereocenters. The summed E-state index contributed by atoms with van der Waals surface area (Å²) in [7, 11) is 0. The van der Waals surface area contributed by atoms with Gasteiger partial charge in [-0.25, -0.2) is 5.84 Å². The summed E-state index contributed by atoms with van der Waals surface area (Å²) in [6.45, 7) is 3.78. The molecule has 0 atom stereocenters. The van der Waals surface area contributed by atoms with Gasteiger partial charge in [0, 0.05) is 13.1 Å². The third kappa shape index (κ3) is 1.91. The van der Waals surface area contributed by atoms with Gasteiger partial charge >= 0.3 is 11.8 Å². The first-order valence-corrected chi connectivity index (χ1v) is 4.52. The maximum Gasteiger partial charge on any atom is 0.323 e. The maximum atomic E-state index is 11.5. The first-order valence-electron chi connectivity index (χ1n) is 4.52. The molecule has 7 heteroatoms. The molecule has 0 saturated carbocycles. The highest BCUT2D eigenvalue weighted by Crippen LogP contribution is 2.17. The van der Waals surface area contributed by atoms with Crippen molar-refractivity contribution in [3.63, 3.8) is 0 Å². The van der Waals surface area contributed by atoms with Crippen LogP contribution in [0.1, 0.15) is 13.8 Å². The summed E-state index contributed by atoms with van der Waals surface area (Å²) in [5, 5.41) is 2.62. The quantitative estimate of drug-likeness (QED) is 0.183. The Hall–Kier alpha value is -1.63. The van der Waals surface area contributed by atoms with Gasteiger partial charge in [0.2, 0.25) is 5.91 Å². The zero-order chi connectivity index (χ0) is 11.6. The average molecular weight is 214 g/mol. The van der Waals surface area contributed by atoms with Crippen molar-refractivity contribution in [2.24, 2.45) is 5.84 Å². The van der Waals surface area contributed by atoms with Crippen molar-refractivity contribution in [1.29, 1.82) is 0 Å². The average Bonchev–Trinajstić information content (AvgIpc) is 2.20. The van der Waals surface area contributed by atoms with Crippen LogP contribution in [0.25, 0.3) is 0 Å². The number of rotatable bonds is 0. The van der Waals surface area contributed by atoms with Crippen LogP contribution in [0.15, 0.2) is 0 Å². The largest absolute Gasteiger partial charge is 0.352 e. The van der Waals surface area contributed by atoms with Gasteiger partial charge in [-0.2, -0.15) is 0 Å². The fourth-order valence-electron chi connectivity index (χ4n) is 1.44. The highest BCUT2D eigenvalue weighted by Gasteiger charge is 2.42. The molecule has 84 valence electrons. The normalized spacial score (nSPS) is 19.4. The lowest BCUT2D eigenvalue weighted by Gasteiger charge is -2.40. The highest BCUT2D eigenvalue weighted by molar-refractivity contribution is 6.35. The van der Waals surface area contributed by atoms with Crippen molar-refractivity contribution in [2.45, 2.75) is 19.4 Å². The van der Waals surface area contributed by atoms with Crippen LogP contribution in [0.2, 0.25) is 0 Å². The third-order valence-electron chi connectivity index (χ3n) is 2.42. The SMILES string of the molecule is CC1(C)C(=O)NCCN1C(=O)C(=O)NN. The van der Waals surface area contributed by atoms with E-state index in [2.05, 4.69) is 5.32 Å². The number of nitrogens with zero attached hydrogens (tertiary/aromatic N) is 1. The molecule has 0 radical (unpaired) electrons. The molecule has 3 amide bonds. The Bertz CT molecular complexity index is 313. The van der Waals surface area contributed by atoms with Crippen LogP contribution in [-0.4, -0.2) is 41.2 Å². The van der Waals surface area contributed by atoms with Crippen LogP contribution in [0.4, 0.5) is 0 Å². The number of hydrogen-bond donors (Lipinski definition) is 3. The molecule has 1 aliphatic heterocycles. The van der Waals surface area contributed by atoms with Crippen molar-refractivity contribution in [2.75, 3.05) is 13.1 Å². The lowest BCUT2D eigenvalue weighted by Crippen LogP contribution is -2.65. The van der Waals surface area contributed by atoms with Crippen LogP contribution in [-0.2, 0) is 14.4 Å². The lowest BCUT2D eigenvalue weighted by atomic mass is 9.99. The molecule has 0 aliphatic carbocycles. The molecule has 0 bridgehead atoms. The number of hydrogen-bond acceptors (Lipinski definition) is 4. The second kappa shape index (κ2) is 3.85. The number of hydrazine groups is 1. The van der Waals surface area contributed by atoms with Gasteiger partial charge < -0.3 is 10.2 Å². The molecular weight excluding hydrogens is 200 g/mol. The molecule has 0 aromatic heterocycles. The minimum absolute atomic E-state index is 0.285. The van der Waals surface area contributed by atoms with Gasteiger partial charge in [-0.05, 0) is 13.8 Å². The summed E-state index contributed by atoms with van der Waals surface area (Å²) >= 11 is 0. The molecule has 7 nitrogen and oxygen atoms in total. The monoisotopic (exact) mass is 214 g/mol. The maximum absolute atomic E-state index is 11.5. The van der Waals surface area contributed by atoms with E-state index in [1.165, 1.54) is 4.90 Å². The summed E-state index contributed by atoms with van der Waals surface area (Å²) in [6.07, 6.45) is 0. The van der Waals surface area contributed by atoms with E-state index in [-0.39, 0.29) is 5.91 Å². The van der Waals surface area contributed by atoms with E-state index in [9.17, 15) is 14.4 Å². The molecule has 1 aliphatic rings. The van der Waals surface area contributed by atoms with Gasteiger partial charge in [0.25, 0.3) is 0 Å². The number of amides is 3. The van der Waals surface area contributed by atoms with E-state index in [1.54, 1.807) is 19.3 Å². The van der Waals surface area contributed by atoms with E-state index in [4.69, 9.17) is 5.84 Å². The molecule has 1 saturated heterocycles. The van der Waals surface area contributed by atoms with E-state index in [0.717, 1.165) is 0 Å². The van der Waals surface area contributed by atoms with Crippen LogP contribution < -0.4 is 16.6 Å². The summed E-state index contributed by atoms with van der Waals surface area (Å²) in [4.78, 5) is 35.3. The predicted molar refractivity (Wildman–Crippen MR) is 51.1 cm³/mol. The van der Waals surface area contributed by atoms with E-state index in [0.29, 0.717) is 13.1 Å². The van der Waals surface area contributed by atoms with Crippen molar-refractivity contribution in [3.8, 4) is 0 Å². The molecular formula is C8H14N4O3. The number of carbonyl (C=O) groups is 3.